The number of nitrogens with zero attached hydrogens (tertiary/aromatic N) is 1. The summed E-state index contributed by atoms with van der Waals surface area (Å²) in [7, 11) is 0. The minimum Gasteiger partial charge on any atom is -0.314 e. The lowest BCUT2D eigenvalue weighted by atomic mass is 9.84. The van der Waals surface area contributed by atoms with Gasteiger partial charge in [-0.2, -0.15) is 0 Å². The van der Waals surface area contributed by atoms with Gasteiger partial charge in [0.2, 0.25) is 0 Å². The van der Waals surface area contributed by atoms with E-state index in [-0.39, 0.29) is 0 Å². The van der Waals surface area contributed by atoms with Crippen molar-refractivity contribution in [2.75, 3.05) is 19.6 Å². The highest BCUT2D eigenvalue weighted by molar-refractivity contribution is 4.83. The summed E-state index contributed by atoms with van der Waals surface area (Å²) in [5.74, 6) is 1.88. The molecule has 2 nitrogen and oxygen atoms in total. The molecule has 0 aromatic rings. The SMILES string of the molecule is CC1CCCC(N2CCC(CNC(C)C)CC2)C1. The van der Waals surface area contributed by atoms with Crippen LogP contribution in [0.15, 0.2) is 0 Å². The van der Waals surface area contributed by atoms with Gasteiger partial charge in [0.05, 0.1) is 0 Å². The van der Waals surface area contributed by atoms with E-state index in [2.05, 4.69) is 31.0 Å². The molecule has 2 aliphatic rings. The van der Waals surface area contributed by atoms with Crippen molar-refractivity contribution in [3.8, 4) is 0 Å². The highest BCUT2D eigenvalue weighted by Crippen LogP contribution is 2.30. The van der Waals surface area contributed by atoms with Gasteiger partial charge in [-0.05, 0) is 57.2 Å². The molecule has 0 aromatic heterocycles. The summed E-state index contributed by atoms with van der Waals surface area (Å²) in [5.41, 5.74) is 0. The number of hydrogen-bond acceptors (Lipinski definition) is 2. The number of piperidine rings is 1. The highest BCUT2D eigenvalue weighted by atomic mass is 15.2. The molecule has 1 heterocycles. The molecule has 1 aliphatic carbocycles. The number of likely N-dealkylation sites (tertiary alicyclic amines) is 1. The fraction of sp³-hybridized carbons (Fsp3) is 1.00. The Morgan fingerprint density at radius 1 is 1.11 bits per heavy atom. The monoisotopic (exact) mass is 252 g/mol. The van der Waals surface area contributed by atoms with Gasteiger partial charge in [0.1, 0.15) is 0 Å². The fourth-order valence-corrected chi connectivity index (χ4v) is 3.66. The number of hydrogen-bond donors (Lipinski definition) is 1. The van der Waals surface area contributed by atoms with Crippen LogP contribution in [0, 0.1) is 11.8 Å². The van der Waals surface area contributed by atoms with Crippen molar-refractivity contribution in [3.05, 3.63) is 0 Å². The van der Waals surface area contributed by atoms with Gasteiger partial charge < -0.3 is 10.2 Å². The fourth-order valence-electron chi connectivity index (χ4n) is 3.66. The molecule has 1 N–H and O–H groups in total. The van der Waals surface area contributed by atoms with Crippen LogP contribution in [0.2, 0.25) is 0 Å². The van der Waals surface area contributed by atoms with Crippen molar-refractivity contribution < 1.29 is 0 Å². The first-order chi connectivity index (χ1) is 8.65. The van der Waals surface area contributed by atoms with Gasteiger partial charge in [-0.3, -0.25) is 0 Å². The molecule has 1 saturated heterocycles. The molecule has 0 spiro atoms. The zero-order valence-electron chi connectivity index (χ0n) is 12.6. The van der Waals surface area contributed by atoms with Crippen molar-refractivity contribution in [1.29, 1.82) is 0 Å². The van der Waals surface area contributed by atoms with Gasteiger partial charge in [0, 0.05) is 12.1 Å². The van der Waals surface area contributed by atoms with Gasteiger partial charge >= 0.3 is 0 Å². The normalized spacial score (nSPS) is 32.0. The Hall–Kier alpha value is -0.0800. The van der Waals surface area contributed by atoms with Crippen molar-refractivity contribution in [1.82, 2.24) is 10.2 Å². The maximum absolute atomic E-state index is 3.60. The number of rotatable bonds is 4. The van der Waals surface area contributed by atoms with Crippen LogP contribution in [0.5, 0.6) is 0 Å². The summed E-state index contributed by atoms with van der Waals surface area (Å²) in [6.07, 6.45) is 8.65. The minimum atomic E-state index is 0.641. The van der Waals surface area contributed by atoms with Crippen LogP contribution in [0.4, 0.5) is 0 Å². The van der Waals surface area contributed by atoms with E-state index in [0.717, 1.165) is 17.9 Å². The summed E-state index contributed by atoms with van der Waals surface area (Å²) in [6.45, 7) is 10.9. The third kappa shape index (κ3) is 4.24. The van der Waals surface area contributed by atoms with Gasteiger partial charge in [-0.15, -0.1) is 0 Å². The first-order valence-corrected chi connectivity index (χ1v) is 8.12. The lowest BCUT2D eigenvalue weighted by Crippen LogP contribution is -2.45. The lowest BCUT2D eigenvalue weighted by molar-refractivity contribution is 0.0919. The Labute approximate surface area is 114 Å². The summed E-state index contributed by atoms with van der Waals surface area (Å²) in [4.78, 5) is 2.79. The summed E-state index contributed by atoms with van der Waals surface area (Å²) in [5, 5.41) is 3.60. The van der Waals surface area contributed by atoms with E-state index in [1.165, 1.54) is 58.2 Å². The molecule has 2 fully saturated rings. The summed E-state index contributed by atoms with van der Waals surface area (Å²) < 4.78 is 0. The second-order valence-electron chi connectivity index (χ2n) is 6.97. The topological polar surface area (TPSA) is 15.3 Å². The van der Waals surface area contributed by atoms with Gasteiger partial charge in [-0.1, -0.05) is 33.6 Å². The average Bonchev–Trinajstić information content (AvgIpc) is 2.37. The van der Waals surface area contributed by atoms with E-state index in [4.69, 9.17) is 0 Å². The van der Waals surface area contributed by atoms with E-state index in [0.29, 0.717) is 6.04 Å². The molecule has 0 aromatic carbocycles. The Morgan fingerprint density at radius 3 is 2.44 bits per heavy atom. The quantitative estimate of drug-likeness (QED) is 0.826. The molecule has 0 amide bonds. The molecule has 0 radical (unpaired) electrons. The highest BCUT2D eigenvalue weighted by Gasteiger charge is 2.28. The minimum absolute atomic E-state index is 0.641. The predicted molar refractivity (Wildman–Crippen MR) is 78.9 cm³/mol. The van der Waals surface area contributed by atoms with Gasteiger partial charge in [-0.25, -0.2) is 0 Å². The lowest BCUT2D eigenvalue weighted by Gasteiger charge is -2.41. The van der Waals surface area contributed by atoms with Crippen molar-refractivity contribution in [3.63, 3.8) is 0 Å². The molecule has 2 rings (SSSR count). The van der Waals surface area contributed by atoms with Crippen LogP contribution < -0.4 is 5.32 Å². The van der Waals surface area contributed by atoms with Crippen LogP contribution in [0.3, 0.4) is 0 Å². The third-order valence-corrected chi connectivity index (χ3v) is 4.89. The summed E-state index contributed by atoms with van der Waals surface area (Å²) in [6, 6.07) is 1.55. The van der Waals surface area contributed by atoms with Crippen LogP contribution >= 0.6 is 0 Å². The van der Waals surface area contributed by atoms with Crippen molar-refractivity contribution >= 4 is 0 Å². The molecule has 1 saturated carbocycles. The molecule has 18 heavy (non-hydrogen) atoms. The number of nitrogens with one attached hydrogen (secondary N) is 1. The van der Waals surface area contributed by atoms with Gasteiger partial charge in [0.15, 0.2) is 0 Å². The third-order valence-electron chi connectivity index (χ3n) is 4.89. The first-order valence-electron chi connectivity index (χ1n) is 8.12. The molecular formula is C16H32N2. The second kappa shape index (κ2) is 6.91. The molecule has 2 heteroatoms. The van der Waals surface area contributed by atoms with Crippen LogP contribution in [-0.2, 0) is 0 Å². The van der Waals surface area contributed by atoms with Crippen LogP contribution in [0.1, 0.15) is 59.3 Å². The van der Waals surface area contributed by atoms with E-state index in [1.54, 1.807) is 0 Å². The standard InChI is InChI=1S/C16H32N2/c1-13(2)17-12-15-7-9-18(10-8-15)16-6-4-5-14(3)11-16/h13-17H,4-12H2,1-3H3. The molecule has 106 valence electrons. The van der Waals surface area contributed by atoms with E-state index in [9.17, 15) is 0 Å². The average molecular weight is 252 g/mol. The molecule has 2 unspecified atom stereocenters. The van der Waals surface area contributed by atoms with Crippen molar-refractivity contribution in [2.45, 2.75) is 71.4 Å². The zero-order chi connectivity index (χ0) is 13.0. The van der Waals surface area contributed by atoms with Crippen molar-refractivity contribution in [2.24, 2.45) is 11.8 Å². The van der Waals surface area contributed by atoms with E-state index in [1.807, 2.05) is 0 Å². The predicted octanol–water partition coefficient (Wildman–Crippen LogP) is 3.28. The Morgan fingerprint density at radius 2 is 1.83 bits per heavy atom. The Balaban J connectivity index is 1.69. The molecule has 0 bridgehead atoms. The Kier molecular flexibility index (Phi) is 5.50. The molecular weight excluding hydrogens is 220 g/mol. The largest absolute Gasteiger partial charge is 0.314 e. The van der Waals surface area contributed by atoms with E-state index < -0.39 is 0 Å². The zero-order valence-corrected chi connectivity index (χ0v) is 12.6. The molecule has 1 aliphatic heterocycles. The second-order valence-corrected chi connectivity index (χ2v) is 6.97. The summed E-state index contributed by atoms with van der Waals surface area (Å²) >= 11 is 0. The maximum atomic E-state index is 3.60. The van der Waals surface area contributed by atoms with Gasteiger partial charge in [0.25, 0.3) is 0 Å². The Bertz CT molecular complexity index is 231. The van der Waals surface area contributed by atoms with Crippen LogP contribution in [-0.4, -0.2) is 36.6 Å². The van der Waals surface area contributed by atoms with Crippen LogP contribution in [0.25, 0.3) is 0 Å². The first kappa shape index (κ1) is 14.3. The smallest absolute Gasteiger partial charge is 0.00977 e. The molecule has 2 atom stereocenters. The van der Waals surface area contributed by atoms with E-state index >= 15 is 0 Å². The maximum Gasteiger partial charge on any atom is 0.00977 e.